The number of ether oxygens (including phenoxy) is 2. The van der Waals surface area contributed by atoms with Gasteiger partial charge < -0.3 is 13.9 Å². The van der Waals surface area contributed by atoms with Gasteiger partial charge in [0.2, 0.25) is 0 Å². The normalized spacial score (nSPS) is 12.1. The second-order valence-electron chi connectivity index (χ2n) is 4.32. The van der Waals surface area contributed by atoms with Gasteiger partial charge in [-0.25, -0.2) is 5.43 Å². The highest BCUT2D eigenvalue weighted by Crippen LogP contribution is 2.19. The number of nitrogens with one attached hydrogen (secondary N) is 1. The Labute approximate surface area is 136 Å². The van der Waals surface area contributed by atoms with Gasteiger partial charge in [-0.3, -0.25) is 4.79 Å². The molecule has 1 heterocycles. The maximum absolute atomic E-state index is 11.9. The van der Waals surface area contributed by atoms with Crippen molar-refractivity contribution in [3.05, 3.63) is 46.8 Å². The van der Waals surface area contributed by atoms with E-state index < -0.39 is 6.10 Å². The van der Waals surface area contributed by atoms with Gasteiger partial charge in [-0.1, -0.05) is 6.07 Å². The zero-order valence-corrected chi connectivity index (χ0v) is 13.7. The Hall–Kier alpha value is -2.28. The predicted molar refractivity (Wildman–Crippen MR) is 85.2 cm³/mol. The minimum atomic E-state index is -0.701. The van der Waals surface area contributed by atoms with Crippen LogP contribution in [0.2, 0.25) is 0 Å². The molecule has 0 radical (unpaired) electrons. The fraction of sp³-hybridized carbons (Fsp3) is 0.200. The highest BCUT2D eigenvalue weighted by Gasteiger charge is 2.14. The molecular weight excluding hydrogens is 352 g/mol. The maximum Gasteiger partial charge on any atom is 0.280 e. The van der Waals surface area contributed by atoms with Crippen molar-refractivity contribution < 1.29 is 18.7 Å². The number of halogens is 1. The number of nitrogens with zero attached hydrogens (tertiary/aromatic N) is 1. The molecule has 1 aromatic heterocycles. The predicted octanol–water partition coefficient (Wildman–Crippen LogP) is 2.97. The summed E-state index contributed by atoms with van der Waals surface area (Å²) in [4.78, 5) is 11.9. The van der Waals surface area contributed by atoms with Crippen LogP contribution in [0.15, 0.2) is 50.6 Å². The molecule has 0 aliphatic carbocycles. The van der Waals surface area contributed by atoms with E-state index in [0.29, 0.717) is 21.9 Å². The Morgan fingerprint density at radius 3 is 2.82 bits per heavy atom. The van der Waals surface area contributed by atoms with Crippen molar-refractivity contribution in [3.8, 4) is 11.5 Å². The SMILES string of the molecule is COc1cccc(OC(C)C(=O)N/N=C/c2ccc(Br)o2)c1. The van der Waals surface area contributed by atoms with E-state index in [9.17, 15) is 4.79 Å². The lowest BCUT2D eigenvalue weighted by atomic mass is 10.3. The molecule has 0 saturated heterocycles. The molecule has 1 aromatic carbocycles. The van der Waals surface area contributed by atoms with Crippen LogP contribution < -0.4 is 14.9 Å². The first kappa shape index (κ1) is 16.1. The Morgan fingerprint density at radius 1 is 1.36 bits per heavy atom. The van der Waals surface area contributed by atoms with Gasteiger partial charge >= 0.3 is 0 Å². The molecule has 6 nitrogen and oxygen atoms in total. The van der Waals surface area contributed by atoms with Crippen molar-refractivity contribution in [2.24, 2.45) is 5.10 Å². The third-order valence-corrected chi connectivity index (χ3v) is 3.11. The van der Waals surface area contributed by atoms with Crippen LogP contribution >= 0.6 is 15.9 Å². The first-order valence-electron chi connectivity index (χ1n) is 6.47. The second-order valence-corrected chi connectivity index (χ2v) is 5.10. The first-order chi connectivity index (χ1) is 10.6. The number of furan rings is 1. The van der Waals surface area contributed by atoms with Crippen LogP contribution in [0.3, 0.4) is 0 Å². The highest BCUT2D eigenvalue weighted by atomic mass is 79.9. The molecular formula is C15H15BrN2O4. The monoisotopic (exact) mass is 366 g/mol. The van der Waals surface area contributed by atoms with Crippen LogP contribution in [-0.4, -0.2) is 25.3 Å². The van der Waals surface area contributed by atoms with Crippen LogP contribution in [0.5, 0.6) is 11.5 Å². The maximum atomic E-state index is 11.9. The third kappa shape index (κ3) is 4.63. The fourth-order valence-corrected chi connectivity index (χ4v) is 1.90. The molecule has 22 heavy (non-hydrogen) atoms. The van der Waals surface area contributed by atoms with Gasteiger partial charge in [0.25, 0.3) is 5.91 Å². The number of amides is 1. The van der Waals surface area contributed by atoms with E-state index in [4.69, 9.17) is 13.9 Å². The average Bonchev–Trinajstić information content (AvgIpc) is 2.92. The van der Waals surface area contributed by atoms with Crippen LogP contribution in [0, 0.1) is 0 Å². The van der Waals surface area contributed by atoms with Crippen molar-refractivity contribution in [2.75, 3.05) is 7.11 Å². The molecule has 0 bridgehead atoms. The van der Waals surface area contributed by atoms with Crippen molar-refractivity contribution in [1.82, 2.24) is 5.43 Å². The molecule has 1 unspecified atom stereocenters. The molecule has 116 valence electrons. The largest absolute Gasteiger partial charge is 0.497 e. The summed E-state index contributed by atoms with van der Waals surface area (Å²) in [5.41, 5.74) is 2.39. The number of hydrogen-bond acceptors (Lipinski definition) is 5. The molecule has 0 saturated carbocycles. The third-order valence-electron chi connectivity index (χ3n) is 2.68. The van der Waals surface area contributed by atoms with Gasteiger partial charge in [-0.15, -0.1) is 0 Å². The van der Waals surface area contributed by atoms with E-state index in [2.05, 4.69) is 26.5 Å². The van der Waals surface area contributed by atoms with Crippen LogP contribution in [0.1, 0.15) is 12.7 Å². The van der Waals surface area contributed by atoms with E-state index in [0.717, 1.165) is 0 Å². The van der Waals surface area contributed by atoms with Crippen molar-refractivity contribution in [2.45, 2.75) is 13.0 Å². The lowest BCUT2D eigenvalue weighted by Crippen LogP contribution is -2.33. The molecule has 1 atom stereocenters. The van der Waals surface area contributed by atoms with Crippen molar-refractivity contribution >= 4 is 28.1 Å². The number of carbonyl (C=O) groups is 1. The summed E-state index contributed by atoms with van der Waals surface area (Å²) >= 11 is 3.18. The molecule has 0 aliphatic rings. The van der Waals surface area contributed by atoms with E-state index >= 15 is 0 Å². The van der Waals surface area contributed by atoms with Crippen LogP contribution in [-0.2, 0) is 4.79 Å². The molecule has 2 rings (SSSR count). The topological polar surface area (TPSA) is 73.1 Å². The Kier molecular flexibility index (Phi) is 5.60. The molecule has 0 aliphatic heterocycles. The zero-order valence-electron chi connectivity index (χ0n) is 12.1. The van der Waals surface area contributed by atoms with Gasteiger partial charge in [0.1, 0.15) is 17.3 Å². The standard InChI is InChI=1S/C15H15BrN2O4/c1-10(21-12-5-3-4-11(8-12)20-2)15(19)18-17-9-13-6-7-14(16)22-13/h3-10H,1-2H3,(H,18,19)/b17-9+. The molecule has 0 spiro atoms. The number of methoxy groups -OCH3 is 1. The second kappa shape index (κ2) is 7.65. The number of hydrazone groups is 1. The number of rotatable bonds is 6. The minimum Gasteiger partial charge on any atom is -0.497 e. The van der Waals surface area contributed by atoms with Gasteiger partial charge in [0, 0.05) is 6.07 Å². The molecule has 7 heteroatoms. The molecule has 0 fully saturated rings. The summed E-state index contributed by atoms with van der Waals surface area (Å²) in [6, 6.07) is 10.5. The number of carbonyl (C=O) groups excluding carboxylic acids is 1. The van der Waals surface area contributed by atoms with E-state index in [-0.39, 0.29) is 5.91 Å². The Bertz CT molecular complexity index is 669. The minimum absolute atomic E-state index is 0.371. The van der Waals surface area contributed by atoms with E-state index in [1.165, 1.54) is 6.21 Å². The number of benzene rings is 1. The Balaban J connectivity index is 1.87. The lowest BCUT2D eigenvalue weighted by molar-refractivity contribution is -0.127. The molecule has 1 N–H and O–H groups in total. The summed E-state index contributed by atoms with van der Waals surface area (Å²) in [5, 5.41) is 3.81. The summed E-state index contributed by atoms with van der Waals surface area (Å²) in [6.45, 7) is 1.63. The zero-order chi connectivity index (χ0) is 15.9. The van der Waals surface area contributed by atoms with Crippen LogP contribution in [0.4, 0.5) is 0 Å². The molecule has 1 amide bonds. The summed E-state index contributed by atoms with van der Waals surface area (Å²) in [6.07, 6.45) is 0.702. The summed E-state index contributed by atoms with van der Waals surface area (Å²) in [5.74, 6) is 1.35. The summed E-state index contributed by atoms with van der Waals surface area (Å²) in [7, 11) is 1.57. The highest BCUT2D eigenvalue weighted by molar-refractivity contribution is 9.10. The van der Waals surface area contributed by atoms with Crippen LogP contribution in [0.25, 0.3) is 0 Å². The smallest absolute Gasteiger partial charge is 0.280 e. The first-order valence-corrected chi connectivity index (χ1v) is 7.27. The lowest BCUT2D eigenvalue weighted by Gasteiger charge is -2.13. The van der Waals surface area contributed by atoms with E-state index in [1.54, 1.807) is 50.4 Å². The quantitative estimate of drug-likeness (QED) is 0.629. The number of hydrogen-bond donors (Lipinski definition) is 1. The van der Waals surface area contributed by atoms with Gasteiger partial charge in [0.05, 0.1) is 13.3 Å². The average molecular weight is 367 g/mol. The van der Waals surface area contributed by atoms with Gasteiger partial charge in [-0.05, 0) is 47.1 Å². The van der Waals surface area contributed by atoms with Crippen molar-refractivity contribution in [3.63, 3.8) is 0 Å². The van der Waals surface area contributed by atoms with Crippen molar-refractivity contribution in [1.29, 1.82) is 0 Å². The fourth-order valence-electron chi connectivity index (χ4n) is 1.58. The summed E-state index contributed by atoms with van der Waals surface area (Å²) < 4.78 is 16.4. The van der Waals surface area contributed by atoms with Gasteiger partial charge in [0.15, 0.2) is 10.8 Å². The van der Waals surface area contributed by atoms with Gasteiger partial charge in [-0.2, -0.15) is 5.10 Å². The van der Waals surface area contributed by atoms with E-state index in [1.807, 2.05) is 0 Å². The molecule has 2 aromatic rings. The Morgan fingerprint density at radius 2 is 2.14 bits per heavy atom.